The number of amides is 4. The Morgan fingerprint density at radius 1 is 0.905 bits per heavy atom. The third-order valence-electron chi connectivity index (χ3n) is 8.86. The first-order chi connectivity index (χ1) is 20.2. The van der Waals surface area contributed by atoms with E-state index in [4.69, 9.17) is 4.74 Å². The summed E-state index contributed by atoms with van der Waals surface area (Å²) in [5, 5.41) is 11.3. The van der Waals surface area contributed by atoms with Gasteiger partial charge >= 0.3 is 5.97 Å². The Morgan fingerprint density at radius 2 is 1.67 bits per heavy atom. The van der Waals surface area contributed by atoms with Crippen molar-refractivity contribution in [3.05, 3.63) is 29.3 Å². The Hall–Kier alpha value is -3.47. The number of ether oxygens (including phenoxy) is 1. The molecule has 3 saturated heterocycles. The van der Waals surface area contributed by atoms with E-state index in [0.717, 1.165) is 50.6 Å². The highest BCUT2D eigenvalue weighted by Gasteiger charge is 2.43. The highest BCUT2D eigenvalue weighted by molar-refractivity contribution is 5.97. The maximum Gasteiger partial charge on any atom is 0.306 e. The predicted octanol–water partition coefficient (Wildman–Crippen LogP) is 1.97. The summed E-state index contributed by atoms with van der Waals surface area (Å²) in [5.74, 6) is -0.897. The van der Waals surface area contributed by atoms with E-state index in [1.54, 1.807) is 25.9 Å². The number of nitrogens with one attached hydrogen (secondary N) is 4. The van der Waals surface area contributed by atoms with Gasteiger partial charge in [-0.2, -0.15) is 0 Å². The summed E-state index contributed by atoms with van der Waals surface area (Å²) in [6.07, 6.45) is 9.73. The summed E-state index contributed by atoms with van der Waals surface area (Å²) in [5.41, 5.74) is 3.45. The van der Waals surface area contributed by atoms with Crippen LogP contribution in [0.15, 0.2) is 18.2 Å². The first kappa shape index (κ1) is 31.5. The Balaban J connectivity index is 0.000000196. The van der Waals surface area contributed by atoms with Gasteiger partial charge in [0, 0.05) is 31.6 Å². The lowest BCUT2D eigenvalue weighted by Gasteiger charge is -2.35. The standard InChI is InChI=1S/C16H28N4O3.C15H17NO3/c1-10(17-2)14(21)19-12-7-5-4-6-11-8-9-13(15(22)18-3)20(11)16(12)23;17-14-9-8-13(19-14)15(18)16-12-7-3-5-10-4-1-2-6-11(10)12/h10-13,17H,4-9H2,1-3H3,(H,18,22)(H,19,21);3,5,7,13H,1-2,4,6,8-9H2,(H,16,18). The molecule has 4 aliphatic rings. The topological polar surface area (TPSA) is 146 Å². The van der Waals surface area contributed by atoms with E-state index in [9.17, 15) is 24.0 Å². The van der Waals surface area contributed by atoms with Crippen LogP contribution >= 0.6 is 0 Å². The van der Waals surface area contributed by atoms with Crippen molar-refractivity contribution >= 4 is 35.3 Å². The van der Waals surface area contributed by atoms with Gasteiger partial charge in [0.2, 0.25) is 17.7 Å². The summed E-state index contributed by atoms with van der Waals surface area (Å²) in [6.45, 7) is 1.76. The summed E-state index contributed by atoms with van der Waals surface area (Å²) >= 11 is 0. The normalized spacial score (nSPS) is 25.8. The zero-order valence-corrected chi connectivity index (χ0v) is 25.0. The maximum atomic E-state index is 13.0. The summed E-state index contributed by atoms with van der Waals surface area (Å²) < 4.78 is 4.99. The van der Waals surface area contributed by atoms with Gasteiger partial charge in [0.25, 0.3) is 5.91 Å². The number of aryl methyl sites for hydroxylation is 1. The third kappa shape index (κ3) is 7.48. The van der Waals surface area contributed by atoms with Crippen LogP contribution in [0.4, 0.5) is 5.69 Å². The molecule has 0 bridgehead atoms. The maximum absolute atomic E-state index is 13.0. The predicted molar refractivity (Wildman–Crippen MR) is 157 cm³/mol. The molecule has 3 fully saturated rings. The van der Waals surface area contributed by atoms with Crippen molar-refractivity contribution in [2.45, 2.75) is 114 Å². The quantitative estimate of drug-likeness (QED) is 0.375. The fourth-order valence-electron chi connectivity index (χ4n) is 6.34. The molecule has 4 amide bonds. The van der Waals surface area contributed by atoms with E-state index < -0.39 is 18.2 Å². The van der Waals surface area contributed by atoms with Crippen LogP contribution in [0, 0.1) is 0 Å². The van der Waals surface area contributed by atoms with Crippen molar-refractivity contribution in [2.75, 3.05) is 19.4 Å². The zero-order valence-electron chi connectivity index (χ0n) is 25.0. The van der Waals surface area contributed by atoms with E-state index in [0.29, 0.717) is 25.7 Å². The lowest BCUT2D eigenvalue weighted by atomic mass is 9.90. The average molecular weight is 584 g/mol. The number of carbonyl (C=O) groups excluding carboxylic acids is 5. The number of likely N-dealkylation sites (N-methyl/N-ethyl adjacent to an activating group) is 2. The molecule has 0 aromatic heterocycles. The van der Waals surface area contributed by atoms with Gasteiger partial charge in [-0.1, -0.05) is 25.0 Å². The number of fused-ring (bicyclic) bond motifs is 2. The fourth-order valence-corrected chi connectivity index (χ4v) is 6.34. The smallest absolute Gasteiger partial charge is 0.306 e. The molecule has 3 aliphatic heterocycles. The lowest BCUT2D eigenvalue weighted by molar-refractivity contribution is -0.146. The van der Waals surface area contributed by atoms with E-state index in [-0.39, 0.29) is 41.7 Å². The molecule has 11 nitrogen and oxygen atoms in total. The molecular weight excluding hydrogens is 538 g/mol. The largest absolute Gasteiger partial charge is 0.452 e. The number of hydrogen-bond acceptors (Lipinski definition) is 7. The molecule has 5 unspecified atom stereocenters. The molecule has 4 N–H and O–H groups in total. The molecular formula is C31H45N5O6. The van der Waals surface area contributed by atoms with E-state index >= 15 is 0 Å². The second-order valence-corrected chi connectivity index (χ2v) is 11.6. The van der Waals surface area contributed by atoms with Gasteiger partial charge in [-0.15, -0.1) is 0 Å². The zero-order chi connectivity index (χ0) is 30.2. The number of rotatable bonds is 6. The van der Waals surface area contributed by atoms with Gasteiger partial charge < -0.3 is 30.9 Å². The summed E-state index contributed by atoms with van der Waals surface area (Å²) in [4.78, 5) is 62.0. The molecule has 0 saturated carbocycles. The molecule has 1 aliphatic carbocycles. The van der Waals surface area contributed by atoms with Gasteiger partial charge in [0.1, 0.15) is 12.1 Å². The molecule has 1 aromatic carbocycles. The number of cyclic esters (lactones) is 1. The van der Waals surface area contributed by atoms with Gasteiger partial charge in [0.05, 0.1) is 6.04 Å². The van der Waals surface area contributed by atoms with E-state index in [2.05, 4.69) is 27.3 Å². The van der Waals surface area contributed by atoms with Crippen molar-refractivity contribution in [1.29, 1.82) is 0 Å². The van der Waals surface area contributed by atoms with Crippen LogP contribution in [-0.2, 0) is 41.6 Å². The third-order valence-corrected chi connectivity index (χ3v) is 8.86. The van der Waals surface area contributed by atoms with Crippen molar-refractivity contribution < 1.29 is 28.7 Å². The number of esters is 1. The minimum Gasteiger partial charge on any atom is -0.452 e. The number of hydrogen-bond donors (Lipinski definition) is 4. The molecule has 1 aromatic rings. The highest BCUT2D eigenvalue weighted by atomic mass is 16.6. The SMILES string of the molecule is CNC(=O)C1CCC2CCCCC(NC(=O)C(C)NC)C(=O)N21.O=C1CCC(C(=O)Nc2cccc3c2CCCC3)O1. The average Bonchev–Trinajstić information content (AvgIpc) is 3.63. The van der Waals surface area contributed by atoms with Crippen molar-refractivity contribution in [3.63, 3.8) is 0 Å². The number of nitrogens with zero attached hydrogens (tertiary/aromatic N) is 1. The van der Waals surface area contributed by atoms with Gasteiger partial charge in [-0.25, -0.2) is 0 Å². The van der Waals surface area contributed by atoms with E-state index in [1.165, 1.54) is 17.5 Å². The van der Waals surface area contributed by atoms with Gasteiger partial charge in [0.15, 0.2) is 6.10 Å². The van der Waals surface area contributed by atoms with Gasteiger partial charge in [-0.3, -0.25) is 24.0 Å². The Labute approximate surface area is 247 Å². The summed E-state index contributed by atoms with van der Waals surface area (Å²) in [6, 6.07) is 4.85. The molecule has 3 heterocycles. The first-order valence-electron chi connectivity index (χ1n) is 15.4. The summed E-state index contributed by atoms with van der Waals surface area (Å²) in [7, 11) is 3.31. The molecule has 230 valence electrons. The van der Waals surface area contributed by atoms with Crippen molar-refractivity contribution in [1.82, 2.24) is 20.9 Å². The second-order valence-electron chi connectivity index (χ2n) is 11.6. The van der Waals surface area contributed by atoms with Crippen LogP contribution in [0.2, 0.25) is 0 Å². The van der Waals surface area contributed by atoms with Crippen LogP contribution in [-0.4, -0.2) is 78.9 Å². The molecule has 11 heteroatoms. The number of benzene rings is 1. The number of anilines is 1. The van der Waals surface area contributed by atoms with Crippen molar-refractivity contribution in [3.8, 4) is 0 Å². The van der Waals surface area contributed by atoms with Crippen LogP contribution in [0.25, 0.3) is 0 Å². The van der Waals surface area contributed by atoms with Crippen molar-refractivity contribution in [2.24, 2.45) is 0 Å². The second kappa shape index (κ2) is 14.6. The Morgan fingerprint density at radius 3 is 2.38 bits per heavy atom. The fraction of sp³-hybridized carbons (Fsp3) is 0.645. The van der Waals surface area contributed by atoms with Crippen LogP contribution in [0.5, 0.6) is 0 Å². The molecule has 5 atom stereocenters. The van der Waals surface area contributed by atoms with Crippen LogP contribution < -0.4 is 21.3 Å². The van der Waals surface area contributed by atoms with E-state index in [1.807, 2.05) is 12.1 Å². The highest BCUT2D eigenvalue weighted by Crippen LogP contribution is 2.31. The first-order valence-corrected chi connectivity index (χ1v) is 15.4. The monoisotopic (exact) mass is 583 g/mol. The number of carbonyl (C=O) groups is 5. The van der Waals surface area contributed by atoms with Crippen LogP contribution in [0.1, 0.15) is 82.3 Å². The Bertz CT molecular complexity index is 1170. The minimum atomic E-state index is -0.619. The Kier molecular flexibility index (Phi) is 11.0. The molecule has 42 heavy (non-hydrogen) atoms. The van der Waals surface area contributed by atoms with Crippen LogP contribution in [0.3, 0.4) is 0 Å². The molecule has 0 spiro atoms. The lowest BCUT2D eigenvalue weighted by Crippen LogP contribution is -2.57. The molecule has 0 radical (unpaired) electrons. The molecule has 5 rings (SSSR count). The minimum absolute atomic E-state index is 0.113. The van der Waals surface area contributed by atoms with Gasteiger partial charge in [-0.05, 0) is 82.5 Å².